The van der Waals surface area contributed by atoms with E-state index < -0.39 is 0 Å². The first-order valence-corrected chi connectivity index (χ1v) is 6.98. The fourth-order valence-electron chi connectivity index (χ4n) is 2.03. The minimum Gasteiger partial charge on any atom is -0.454 e. The van der Waals surface area contributed by atoms with Gasteiger partial charge in [0.05, 0.1) is 5.02 Å². The summed E-state index contributed by atoms with van der Waals surface area (Å²) >= 11 is 6.13. The van der Waals surface area contributed by atoms with Crippen molar-refractivity contribution < 1.29 is 9.47 Å². The molecule has 0 fully saturated rings. The van der Waals surface area contributed by atoms with Gasteiger partial charge in [0.2, 0.25) is 6.79 Å². The second-order valence-corrected chi connectivity index (χ2v) is 5.41. The lowest BCUT2D eigenvalue weighted by Gasteiger charge is -2.10. The summed E-state index contributed by atoms with van der Waals surface area (Å²) in [5, 5.41) is 4.04. The molecule has 106 valence electrons. The Balaban J connectivity index is 1.73. The number of unbranched alkanes of at least 4 members (excludes halogenated alkanes) is 1. The van der Waals surface area contributed by atoms with Crippen LogP contribution in [0.1, 0.15) is 18.4 Å². The highest BCUT2D eigenvalue weighted by Crippen LogP contribution is 2.39. The molecular weight excluding hydrogens is 264 g/mol. The van der Waals surface area contributed by atoms with Crippen molar-refractivity contribution in [1.82, 2.24) is 10.2 Å². The van der Waals surface area contributed by atoms with Crippen LogP contribution >= 0.6 is 11.6 Å². The van der Waals surface area contributed by atoms with Crippen LogP contribution in [0, 0.1) is 0 Å². The normalized spacial score (nSPS) is 13.3. The molecule has 0 saturated heterocycles. The zero-order chi connectivity index (χ0) is 13.7. The van der Waals surface area contributed by atoms with E-state index in [0.717, 1.165) is 30.9 Å². The van der Waals surface area contributed by atoms with E-state index in [9.17, 15) is 0 Å². The van der Waals surface area contributed by atoms with Gasteiger partial charge in [-0.15, -0.1) is 0 Å². The second-order valence-electron chi connectivity index (χ2n) is 5.00. The molecule has 0 spiro atoms. The predicted molar refractivity (Wildman–Crippen MR) is 77.1 cm³/mol. The summed E-state index contributed by atoms with van der Waals surface area (Å²) in [7, 11) is 4.20. The van der Waals surface area contributed by atoms with Crippen LogP contribution in [-0.2, 0) is 6.54 Å². The molecule has 1 aliphatic rings. The molecule has 1 aromatic rings. The Hall–Kier alpha value is -0.970. The summed E-state index contributed by atoms with van der Waals surface area (Å²) in [6.45, 7) is 3.21. The van der Waals surface area contributed by atoms with Gasteiger partial charge in [0, 0.05) is 6.54 Å². The summed E-state index contributed by atoms with van der Waals surface area (Å²) in [6, 6.07) is 3.92. The molecule has 19 heavy (non-hydrogen) atoms. The van der Waals surface area contributed by atoms with Gasteiger partial charge in [-0.25, -0.2) is 0 Å². The molecule has 1 N–H and O–H groups in total. The van der Waals surface area contributed by atoms with Crippen molar-refractivity contribution in [3.05, 3.63) is 22.7 Å². The Bertz CT molecular complexity index is 424. The molecular formula is C14H21ClN2O2. The number of benzene rings is 1. The number of hydrogen-bond acceptors (Lipinski definition) is 4. The molecule has 0 bridgehead atoms. The molecule has 0 aliphatic carbocycles. The van der Waals surface area contributed by atoms with Crippen molar-refractivity contribution in [1.29, 1.82) is 0 Å². The molecule has 0 radical (unpaired) electrons. The molecule has 0 saturated carbocycles. The smallest absolute Gasteiger partial charge is 0.231 e. The molecule has 2 rings (SSSR count). The van der Waals surface area contributed by atoms with Gasteiger partial charge in [-0.1, -0.05) is 11.6 Å². The van der Waals surface area contributed by atoms with Gasteiger partial charge < -0.3 is 19.7 Å². The van der Waals surface area contributed by atoms with Crippen LogP contribution in [0.2, 0.25) is 5.02 Å². The van der Waals surface area contributed by atoms with Crippen LogP contribution in [0.5, 0.6) is 11.5 Å². The van der Waals surface area contributed by atoms with E-state index in [2.05, 4.69) is 24.3 Å². The Morgan fingerprint density at radius 2 is 2.11 bits per heavy atom. The quantitative estimate of drug-likeness (QED) is 0.780. The van der Waals surface area contributed by atoms with E-state index in [1.807, 2.05) is 12.1 Å². The predicted octanol–water partition coefficient (Wildman–Crippen LogP) is 2.50. The Labute approximate surface area is 119 Å². The topological polar surface area (TPSA) is 33.7 Å². The largest absolute Gasteiger partial charge is 0.454 e. The monoisotopic (exact) mass is 284 g/mol. The SMILES string of the molecule is CN(C)CCCCNCc1cc(Cl)c2c(c1)OCO2. The van der Waals surface area contributed by atoms with E-state index in [0.29, 0.717) is 10.8 Å². The number of ether oxygens (including phenoxy) is 2. The number of halogens is 1. The van der Waals surface area contributed by atoms with Gasteiger partial charge in [0.25, 0.3) is 0 Å². The molecule has 0 unspecified atom stereocenters. The molecule has 0 amide bonds. The van der Waals surface area contributed by atoms with E-state index in [4.69, 9.17) is 21.1 Å². The average Bonchev–Trinajstić information content (AvgIpc) is 2.82. The lowest BCUT2D eigenvalue weighted by Crippen LogP contribution is -2.18. The summed E-state index contributed by atoms with van der Waals surface area (Å²) in [5.74, 6) is 1.41. The fraction of sp³-hybridized carbons (Fsp3) is 0.571. The number of nitrogens with zero attached hydrogens (tertiary/aromatic N) is 1. The van der Waals surface area contributed by atoms with Crippen molar-refractivity contribution in [3.63, 3.8) is 0 Å². The number of hydrogen-bond donors (Lipinski definition) is 1. The van der Waals surface area contributed by atoms with Gasteiger partial charge in [0.1, 0.15) is 0 Å². The Morgan fingerprint density at radius 3 is 2.89 bits per heavy atom. The number of rotatable bonds is 7. The van der Waals surface area contributed by atoms with Crippen molar-refractivity contribution in [3.8, 4) is 11.5 Å². The van der Waals surface area contributed by atoms with Gasteiger partial charge in [0.15, 0.2) is 11.5 Å². The average molecular weight is 285 g/mol. The summed E-state index contributed by atoms with van der Waals surface area (Å²) in [4.78, 5) is 2.21. The minimum absolute atomic E-state index is 0.260. The van der Waals surface area contributed by atoms with Crippen LogP contribution in [-0.4, -0.2) is 38.9 Å². The minimum atomic E-state index is 0.260. The van der Waals surface area contributed by atoms with Crippen molar-refractivity contribution >= 4 is 11.6 Å². The highest BCUT2D eigenvalue weighted by atomic mass is 35.5. The van der Waals surface area contributed by atoms with E-state index in [1.54, 1.807) is 0 Å². The first-order chi connectivity index (χ1) is 9.16. The maximum atomic E-state index is 6.13. The van der Waals surface area contributed by atoms with Crippen LogP contribution in [0.3, 0.4) is 0 Å². The highest BCUT2D eigenvalue weighted by Gasteiger charge is 2.17. The lowest BCUT2D eigenvalue weighted by atomic mass is 10.2. The van der Waals surface area contributed by atoms with E-state index in [1.165, 1.54) is 12.8 Å². The zero-order valence-electron chi connectivity index (χ0n) is 11.5. The maximum absolute atomic E-state index is 6.13. The zero-order valence-corrected chi connectivity index (χ0v) is 12.3. The number of nitrogens with one attached hydrogen (secondary N) is 1. The Kier molecular flexibility index (Phi) is 5.31. The third kappa shape index (κ3) is 4.27. The van der Waals surface area contributed by atoms with E-state index in [-0.39, 0.29) is 6.79 Å². The second kappa shape index (κ2) is 6.98. The molecule has 4 nitrogen and oxygen atoms in total. The highest BCUT2D eigenvalue weighted by molar-refractivity contribution is 6.32. The molecule has 0 atom stereocenters. The van der Waals surface area contributed by atoms with Crippen LogP contribution < -0.4 is 14.8 Å². The van der Waals surface area contributed by atoms with Crippen LogP contribution in [0.4, 0.5) is 0 Å². The molecule has 1 heterocycles. The first kappa shape index (κ1) is 14.4. The van der Waals surface area contributed by atoms with Crippen LogP contribution in [0.25, 0.3) is 0 Å². The van der Waals surface area contributed by atoms with Gasteiger partial charge in [-0.3, -0.25) is 0 Å². The molecule has 1 aromatic carbocycles. The van der Waals surface area contributed by atoms with Crippen molar-refractivity contribution in [2.75, 3.05) is 34.0 Å². The standard InChI is InChI=1S/C14H21ClN2O2/c1-17(2)6-4-3-5-16-9-11-7-12(15)14-13(8-11)18-10-19-14/h7-8,16H,3-6,9-10H2,1-2H3. The summed E-state index contributed by atoms with van der Waals surface area (Å²) in [6.07, 6.45) is 2.39. The third-order valence-electron chi connectivity index (χ3n) is 3.03. The van der Waals surface area contributed by atoms with Gasteiger partial charge >= 0.3 is 0 Å². The molecule has 5 heteroatoms. The Morgan fingerprint density at radius 1 is 1.26 bits per heavy atom. The summed E-state index contributed by atoms with van der Waals surface area (Å²) < 4.78 is 10.6. The molecule has 0 aromatic heterocycles. The van der Waals surface area contributed by atoms with Crippen molar-refractivity contribution in [2.24, 2.45) is 0 Å². The lowest BCUT2D eigenvalue weighted by molar-refractivity contribution is 0.174. The third-order valence-corrected chi connectivity index (χ3v) is 3.31. The van der Waals surface area contributed by atoms with Gasteiger partial charge in [-0.2, -0.15) is 0 Å². The van der Waals surface area contributed by atoms with Gasteiger partial charge in [-0.05, 0) is 57.7 Å². The maximum Gasteiger partial charge on any atom is 0.231 e. The summed E-state index contributed by atoms with van der Waals surface area (Å²) in [5.41, 5.74) is 1.13. The van der Waals surface area contributed by atoms with E-state index >= 15 is 0 Å². The fourth-order valence-corrected chi connectivity index (χ4v) is 2.32. The number of fused-ring (bicyclic) bond motifs is 1. The van der Waals surface area contributed by atoms with Crippen molar-refractivity contribution in [2.45, 2.75) is 19.4 Å². The first-order valence-electron chi connectivity index (χ1n) is 6.60. The van der Waals surface area contributed by atoms with Crippen LogP contribution in [0.15, 0.2) is 12.1 Å². The molecule has 1 aliphatic heterocycles.